The number of aliphatic hydroxyl groups excluding tert-OH is 2. The average molecular weight is 500 g/mol. The molecule has 1 saturated heterocycles. The van der Waals surface area contributed by atoms with Gasteiger partial charge in [-0.05, 0) is 68.9 Å². The molecule has 0 unspecified atom stereocenters. The number of Topliss-reactive ketones (excluding diaryl/α,β-unsaturated/α-hetero) is 1. The van der Waals surface area contributed by atoms with Gasteiger partial charge in [-0.2, -0.15) is 0 Å². The van der Waals surface area contributed by atoms with Crippen LogP contribution in [0.5, 0.6) is 0 Å². The summed E-state index contributed by atoms with van der Waals surface area (Å²) in [6.07, 6.45) is 4.50. The minimum Gasteiger partial charge on any atom is -0.390 e. The lowest BCUT2D eigenvalue weighted by Crippen LogP contribution is -2.69. The van der Waals surface area contributed by atoms with Crippen molar-refractivity contribution < 1.29 is 33.4 Å². The number of anilines is 1. The van der Waals surface area contributed by atoms with Gasteiger partial charge in [0.05, 0.1) is 18.3 Å². The molecule has 0 bridgehead atoms. The number of ketones is 2. The Labute approximate surface area is 208 Å². The quantitative estimate of drug-likeness (QED) is 0.663. The minimum atomic E-state index is -2.01. The van der Waals surface area contributed by atoms with Gasteiger partial charge in [-0.3, -0.25) is 19.5 Å². The maximum absolute atomic E-state index is 17.4. The minimum absolute atomic E-state index is 0.0332. The molecular formula is C28H31F2NO5. The van der Waals surface area contributed by atoms with E-state index in [-0.39, 0.29) is 24.0 Å². The van der Waals surface area contributed by atoms with Gasteiger partial charge in [0.15, 0.2) is 22.8 Å². The fourth-order valence-corrected chi connectivity index (χ4v) is 8.66. The summed E-state index contributed by atoms with van der Waals surface area (Å²) < 4.78 is 31.3. The van der Waals surface area contributed by atoms with Crippen molar-refractivity contribution in [2.24, 2.45) is 28.6 Å². The third-order valence-electron chi connectivity index (χ3n) is 10.3. The van der Waals surface area contributed by atoms with Gasteiger partial charge in [0.2, 0.25) is 0 Å². The molecule has 6 rings (SSSR count). The Balaban J connectivity index is 1.43. The molecule has 192 valence electrons. The number of fused-ring (bicyclic) bond motifs is 7. The van der Waals surface area contributed by atoms with Crippen molar-refractivity contribution in [2.45, 2.75) is 56.9 Å². The van der Waals surface area contributed by atoms with E-state index < -0.39 is 52.3 Å². The monoisotopic (exact) mass is 499 g/mol. The number of carbonyl (C=O) groups is 2. The largest absolute Gasteiger partial charge is 0.390 e. The second-order valence-corrected chi connectivity index (χ2v) is 11.6. The van der Waals surface area contributed by atoms with E-state index in [9.17, 15) is 24.2 Å². The lowest BCUT2D eigenvalue weighted by atomic mass is 9.44. The first-order chi connectivity index (χ1) is 17.0. The van der Waals surface area contributed by atoms with Crippen LogP contribution < -0.4 is 5.06 Å². The Bertz CT molecular complexity index is 1220. The molecule has 2 N–H and O–H groups in total. The van der Waals surface area contributed by atoms with Gasteiger partial charge in [-0.25, -0.2) is 8.78 Å². The lowest BCUT2D eigenvalue weighted by molar-refractivity contribution is -0.223. The Morgan fingerprint density at radius 2 is 2.06 bits per heavy atom. The maximum Gasteiger partial charge on any atom is 0.193 e. The van der Waals surface area contributed by atoms with Crippen LogP contribution in [0.15, 0.2) is 48.1 Å². The summed E-state index contributed by atoms with van der Waals surface area (Å²) in [6, 6.07) is 5.90. The van der Waals surface area contributed by atoms with Crippen LogP contribution in [0, 0.1) is 34.4 Å². The van der Waals surface area contributed by atoms with Gasteiger partial charge in [0.1, 0.15) is 12.4 Å². The summed E-state index contributed by atoms with van der Waals surface area (Å²) in [5, 5.41) is 23.1. The zero-order valence-electron chi connectivity index (χ0n) is 20.4. The second kappa shape index (κ2) is 7.55. The predicted octanol–water partition coefficient (Wildman–Crippen LogP) is 3.47. The van der Waals surface area contributed by atoms with Crippen molar-refractivity contribution in [1.29, 1.82) is 0 Å². The fourth-order valence-electron chi connectivity index (χ4n) is 8.66. The number of carbonyl (C=O) groups excluding carboxylic acids is 2. The first-order valence-corrected chi connectivity index (χ1v) is 12.7. The Morgan fingerprint density at radius 1 is 1.28 bits per heavy atom. The van der Waals surface area contributed by atoms with Crippen LogP contribution in [-0.2, 0) is 14.4 Å². The number of allylic oxidation sites excluding steroid dienone is 4. The number of hydroxylamine groups is 1. The van der Waals surface area contributed by atoms with Crippen LogP contribution in [-0.4, -0.2) is 52.3 Å². The van der Waals surface area contributed by atoms with E-state index in [4.69, 9.17) is 4.84 Å². The van der Waals surface area contributed by atoms with E-state index in [1.54, 1.807) is 25.1 Å². The maximum atomic E-state index is 17.4. The Kier molecular flexibility index (Phi) is 5.03. The van der Waals surface area contributed by atoms with Gasteiger partial charge < -0.3 is 10.2 Å². The molecule has 0 aromatic heterocycles. The van der Waals surface area contributed by atoms with Crippen LogP contribution in [0.2, 0.25) is 0 Å². The molecule has 1 aromatic rings. The molecule has 0 spiro atoms. The highest BCUT2D eigenvalue weighted by atomic mass is 19.1. The molecule has 3 saturated carbocycles. The van der Waals surface area contributed by atoms with Crippen LogP contribution >= 0.6 is 0 Å². The van der Waals surface area contributed by atoms with Gasteiger partial charge in [-0.1, -0.05) is 24.6 Å². The third kappa shape index (κ3) is 2.70. The number of alkyl halides is 1. The number of aliphatic hydroxyl groups is 2. The first kappa shape index (κ1) is 23.9. The summed E-state index contributed by atoms with van der Waals surface area (Å²) in [5.41, 5.74) is -4.39. The standard InChI is InChI=1S/C28H31F2NO5/c1-25-9-8-20(33)10-16(25)6-7-21-22-11-17-14-31(19-5-3-4-18(29)12-19)36-28(17,24(35)15-32)26(22,2)13-23(34)27(21,25)30/h3-5,8-10,12,17,21-23,32,34H,6-7,11,13-15H2,1-2H3/t17-,21-,22-,23-,25-,26-,27-,28-/m0/s1. The summed E-state index contributed by atoms with van der Waals surface area (Å²) in [5.74, 6) is -2.32. The molecular weight excluding hydrogens is 468 g/mol. The van der Waals surface area contributed by atoms with Crippen molar-refractivity contribution in [1.82, 2.24) is 0 Å². The number of benzene rings is 1. The second-order valence-electron chi connectivity index (χ2n) is 11.6. The van der Waals surface area contributed by atoms with Gasteiger partial charge >= 0.3 is 0 Å². The average Bonchev–Trinajstić information content (AvgIpc) is 3.34. The molecule has 8 atom stereocenters. The molecule has 4 aliphatic carbocycles. The molecule has 1 aromatic carbocycles. The van der Waals surface area contributed by atoms with E-state index in [2.05, 4.69) is 0 Å². The van der Waals surface area contributed by atoms with E-state index in [1.165, 1.54) is 29.3 Å². The predicted molar refractivity (Wildman–Crippen MR) is 127 cm³/mol. The van der Waals surface area contributed by atoms with Crippen molar-refractivity contribution >= 4 is 17.3 Å². The molecule has 0 amide bonds. The fraction of sp³-hybridized carbons (Fsp3) is 0.571. The summed E-state index contributed by atoms with van der Waals surface area (Å²) >= 11 is 0. The Hall–Kier alpha value is -2.42. The van der Waals surface area contributed by atoms with Crippen LogP contribution in [0.1, 0.15) is 39.5 Å². The number of nitrogens with zero attached hydrogens (tertiary/aromatic N) is 1. The third-order valence-corrected chi connectivity index (χ3v) is 10.3. The molecule has 0 radical (unpaired) electrons. The van der Waals surface area contributed by atoms with Crippen molar-refractivity contribution in [3.05, 3.63) is 53.9 Å². The number of rotatable bonds is 3. The molecule has 4 fully saturated rings. The highest BCUT2D eigenvalue weighted by molar-refractivity contribution is 6.01. The smallest absolute Gasteiger partial charge is 0.193 e. The van der Waals surface area contributed by atoms with E-state index >= 15 is 4.39 Å². The molecule has 5 aliphatic rings. The summed E-state index contributed by atoms with van der Waals surface area (Å²) in [4.78, 5) is 31.9. The van der Waals surface area contributed by atoms with Crippen LogP contribution in [0.4, 0.5) is 14.5 Å². The van der Waals surface area contributed by atoms with Crippen molar-refractivity contribution in [3.63, 3.8) is 0 Å². The first-order valence-electron chi connectivity index (χ1n) is 12.7. The van der Waals surface area contributed by atoms with Gasteiger partial charge in [0.25, 0.3) is 0 Å². The highest BCUT2D eigenvalue weighted by Gasteiger charge is 2.78. The highest BCUT2D eigenvalue weighted by Crippen LogP contribution is 2.72. The molecule has 36 heavy (non-hydrogen) atoms. The lowest BCUT2D eigenvalue weighted by Gasteiger charge is -2.62. The van der Waals surface area contributed by atoms with E-state index in [1.807, 2.05) is 6.92 Å². The number of halogens is 2. The molecule has 1 heterocycles. The Morgan fingerprint density at radius 3 is 2.78 bits per heavy atom. The van der Waals surface area contributed by atoms with Crippen molar-refractivity contribution in [2.75, 3.05) is 18.2 Å². The zero-order chi connectivity index (χ0) is 25.7. The van der Waals surface area contributed by atoms with E-state index in [0.29, 0.717) is 37.1 Å². The number of hydrogen-bond donors (Lipinski definition) is 2. The molecule has 6 nitrogen and oxygen atoms in total. The van der Waals surface area contributed by atoms with Crippen LogP contribution in [0.3, 0.4) is 0 Å². The van der Waals surface area contributed by atoms with Crippen molar-refractivity contribution in [3.8, 4) is 0 Å². The zero-order valence-corrected chi connectivity index (χ0v) is 20.4. The summed E-state index contributed by atoms with van der Waals surface area (Å²) in [6.45, 7) is 3.18. The van der Waals surface area contributed by atoms with E-state index in [0.717, 1.165) is 0 Å². The normalized spacial score (nSPS) is 45.0. The van der Waals surface area contributed by atoms with Gasteiger partial charge in [0, 0.05) is 22.7 Å². The van der Waals surface area contributed by atoms with Crippen LogP contribution in [0.25, 0.3) is 0 Å². The molecule has 1 aliphatic heterocycles. The number of hydrogen-bond acceptors (Lipinski definition) is 6. The topological polar surface area (TPSA) is 87.1 Å². The summed E-state index contributed by atoms with van der Waals surface area (Å²) in [7, 11) is 0. The SMILES string of the molecule is C[C@]12C=CC(=O)C=C1CC[C@H]1[C@@H]3C[C@H]4CN(c5cccc(F)c5)O[C@@]4(C(=O)CO)[C@@]3(C)C[C@H](O)[C@@]12F. The molecule has 8 heteroatoms. The van der Waals surface area contributed by atoms with Gasteiger partial charge in [-0.15, -0.1) is 0 Å².